The van der Waals surface area contributed by atoms with E-state index in [9.17, 15) is 14.9 Å². The molecule has 0 saturated heterocycles. The summed E-state index contributed by atoms with van der Waals surface area (Å²) in [6.45, 7) is 1.75. The fourth-order valence-corrected chi connectivity index (χ4v) is 1.60. The van der Waals surface area contributed by atoms with Crippen molar-refractivity contribution in [1.29, 1.82) is 0 Å². The summed E-state index contributed by atoms with van der Waals surface area (Å²) >= 11 is 0. The summed E-state index contributed by atoms with van der Waals surface area (Å²) in [5.41, 5.74) is 0.364. The van der Waals surface area contributed by atoms with Crippen molar-refractivity contribution in [1.82, 2.24) is 4.98 Å². The van der Waals surface area contributed by atoms with Crippen LogP contribution in [0.4, 0.5) is 5.69 Å². The number of ether oxygens (including phenoxy) is 1. The molecule has 0 aliphatic carbocycles. The van der Waals surface area contributed by atoms with Gasteiger partial charge >= 0.3 is 11.7 Å². The number of nitro benzene ring substituents is 1. The molecule has 0 unspecified atom stereocenters. The van der Waals surface area contributed by atoms with Gasteiger partial charge in [0.15, 0.2) is 0 Å². The average molecular weight is 274 g/mol. The molecule has 0 bridgehead atoms. The third-order valence-corrected chi connectivity index (χ3v) is 2.54. The molecule has 0 amide bonds. The van der Waals surface area contributed by atoms with Crippen molar-refractivity contribution in [2.24, 2.45) is 0 Å². The van der Waals surface area contributed by atoms with Crippen LogP contribution in [0.2, 0.25) is 0 Å². The van der Waals surface area contributed by atoms with Gasteiger partial charge in [-0.2, -0.15) is 0 Å². The zero-order chi connectivity index (χ0) is 14.7. The lowest BCUT2D eigenvalue weighted by Gasteiger charge is -2.09. The number of carboxylic acid groups (broad SMARTS) is 1. The van der Waals surface area contributed by atoms with E-state index in [1.807, 2.05) is 0 Å². The highest BCUT2D eigenvalue weighted by atomic mass is 16.6. The monoisotopic (exact) mass is 274 g/mol. The number of hydrogen-bond donors (Lipinski definition) is 1. The number of rotatable bonds is 4. The van der Waals surface area contributed by atoms with E-state index in [-0.39, 0.29) is 22.7 Å². The number of benzene rings is 1. The van der Waals surface area contributed by atoms with E-state index in [4.69, 9.17) is 9.84 Å². The van der Waals surface area contributed by atoms with E-state index in [0.717, 1.165) is 11.8 Å². The Morgan fingerprint density at radius 2 is 2.10 bits per heavy atom. The SMILES string of the molecule is Cc1ccc([N+](=O)[O-])c(Oc2ccncc2C(=O)O)c1. The second-order valence-corrected chi connectivity index (χ2v) is 4.01. The highest BCUT2D eigenvalue weighted by molar-refractivity contribution is 5.90. The van der Waals surface area contributed by atoms with Crippen LogP contribution in [0.1, 0.15) is 15.9 Å². The minimum absolute atomic E-state index is 0.00111. The van der Waals surface area contributed by atoms with Crippen LogP contribution in [0, 0.1) is 17.0 Å². The van der Waals surface area contributed by atoms with Crippen molar-refractivity contribution in [2.45, 2.75) is 6.92 Å². The molecule has 1 aromatic heterocycles. The van der Waals surface area contributed by atoms with E-state index >= 15 is 0 Å². The third-order valence-electron chi connectivity index (χ3n) is 2.54. The fraction of sp³-hybridized carbons (Fsp3) is 0.0769. The molecule has 1 heterocycles. The van der Waals surface area contributed by atoms with Crippen molar-refractivity contribution >= 4 is 11.7 Å². The lowest BCUT2D eigenvalue weighted by atomic mass is 10.2. The third kappa shape index (κ3) is 2.72. The summed E-state index contributed by atoms with van der Waals surface area (Å²) in [6.07, 6.45) is 2.47. The minimum atomic E-state index is -1.22. The molecule has 102 valence electrons. The van der Waals surface area contributed by atoms with Crippen LogP contribution in [0.25, 0.3) is 0 Å². The molecule has 0 atom stereocenters. The van der Waals surface area contributed by atoms with Gasteiger partial charge in [-0.1, -0.05) is 6.07 Å². The highest BCUT2D eigenvalue weighted by Gasteiger charge is 2.18. The molecular weight excluding hydrogens is 264 g/mol. The molecule has 0 radical (unpaired) electrons. The normalized spacial score (nSPS) is 10.1. The van der Waals surface area contributed by atoms with Crippen LogP contribution in [-0.4, -0.2) is 21.0 Å². The largest absolute Gasteiger partial charge is 0.477 e. The van der Waals surface area contributed by atoms with Crippen molar-refractivity contribution in [3.63, 3.8) is 0 Å². The van der Waals surface area contributed by atoms with Crippen molar-refractivity contribution in [3.8, 4) is 11.5 Å². The maximum absolute atomic E-state index is 11.0. The van der Waals surface area contributed by atoms with Gasteiger partial charge in [0.1, 0.15) is 11.3 Å². The Labute approximate surface area is 113 Å². The Balaban J connectivity index is 2.47. The minimum Gasteiger partial charge on any atom is -0.477 e. The maximum atomic E-state index is 11.0. The Kier molecular flexibility index (Phi) is 3.60. The molecule has 2 aromatic rings. The van der Waals surface area contributed by atoms with E-state index in [0.29, 0.717) is 0 Å². The first-order valence-electron chi connectivity index (χ1n) is 5.59. The van der Waals surface area contributed by atoms with Gasteiger partial charge in [-0.25, -0.2) is 4.79 Å². The topological polar surface area (TPSA) is 103 Å². The molecule has 7 heteroatoms. The molecule has 1 N–H and O–H groups in total. The second-order valence-electron chi connectivity index (χ2n) is 4.01. The van der Waals surface area contributed by atoms with Crippen LogP contribution < -0.4 is 4.74 Å². The number of hydrogen-bond acceptors (Lipinski definition) is 5. The highest BCUT2D eigenvalue weighted by Crippen LogP contribution is 2.33. The molecule has 2 rings (SSSR count). The first-order valence-corrected chi connectivity index (χ1v) is 5.59. The first kappa shape index (κ1) is 13.5. The van der Waals surface area contributed by atoms with E-state index in [1.54, 1.807) is 13.0 Å². The lowest BCUT2D eigenvalue weighted by molar-refractivity contribution is -0.385. The summed E-state index contributed by atoms with van der Waals surface area (Å²) in [7, 11) is 0. The summed E-state index contributed by atoms with van der Waals surface area (Å²) in [6, 6.07) is 5.71. The van der Waals surface area contributed by atoms with Gasteiger partial charge in [0.05, 0.1) is 4.92 Å². The molecule has 0 aliphatic rings. The second kappa shape index (κ2) is 5.35. The predicted octanol–water partition coefficient (Wildman–Crippen LogP) is 2.79. The smallest absolute Gasteiger partial charge is 0.341 e. The number of aryl methyl sites for hydroxylation is 1. The zero-order valence-corrected chi connectivity index (χ0v) is 10.4. The average Bonchev–Trinajstić information content (AvgIpc) is 2.38. The fourth-order valence-electron chi connectivity index (χ4n) is 1.60. The van der Waals surface area contributed by atoms with E-state index in [1.165, 1.54) is 24.4 Å². The van der Waals surface area contributed by atoms with Crippen LogP contribution in [0.15, 0.2) is 36.7 Å². The molecule has 0 spiro atoms. The van der Waals surface area contributed by atoms with Gasteiger partial charge in [0, 0.05) is 24.5 Å². The van der Waals surface area contributed by atoms with Gasteiger partial charge < -0.3 is 9.84 Å². The molecule has 1 aromatic carbocycles. The standard InChI is InChI=1S/C13H10N2O5/c1-8-2-3-10(15(18)19)12(6-8)20-11-4-5-14-7-9(11)13(16)17/h2-7H,1H3,(H,16,17). The van der Waals surface area contributed by atoms with Gasteiger partial charge in [0.2, 0.25) is 5.75 Å². The Morgan fingerprint density at radius 1 is 1.35 bits per heavy atom. The number of nitro groups is 1. The number of aromatic carboxylic acids is 1. The number of nitrogens with zero attached hydrogens (tertiary/aromatic N) is 2. The van der Waals surface area contributed by atoms with E-state index in [2.05, 4.69) is 4.98 Å². The summed E-state index contributed by atoms with van der Waals surface area (Å²) in [5, 5.41) is 20.0. The molecule has 0 fully saturated rings. The molecule has 20 heavy (non-hydrogen) atoms. The molecular formula is C13H10N2O5. The Morgan fingerprint density at radius 3 is 2.75 bits per heavy atom. The summed E-state index contributed by atoms with van der Waals surface area (Å²) in [4.78, 5) is 25.1. The maximum Gasteiger partial charge on any atom is 0.341 e. The summed E-state index contributed by atoms with van der Waals surface area (Å²) in [5.74, 6) is -1.23. The molecule has 0 saturated carbocycles. The lowest BCUT2D eigenvalue weighted by Crippen LogP contribution is -2.02. The number of pyridine rings is 1. The van der Waals surface area contributed by atoms with Crippen molar-refractivity contribution in [2.75, 3.05) is 0 Å². The number of carboxylic acids is 1. The Hall–Kier alpha value is -2.96. The van der Waals surface area contributed by atoms with Crippen molar-refractivity contribution < 1.29 is 19.6 Å². The molecule has 0 aliphatic heterocycles. The zero-order valence-electron chi connectivity index (χ0n) is 10.4. The number of carbonyl (C=O) groups is 1. The van der Waals surface area contributed by atoms with E-state index < -0.39 is 10.9 Å². The van der Waals surface area contributed by atoms with Gasteiger partial charge in [-0.15, -0.1) is 0 Å². The van der Waals surface area contributed by atoms with Gasteiger partial charge in [0.25, 0.3) is 0 Å². The van der Waals surface area contributed by atoms with Crippen molar-refractivity contribution in [3.05, 3.63) is 57.9 Å². The van der Waals surface area contributed by atoms with Gasteiger partial charge in [-0.05, 0) is 18.6 Å². The Bertz CT molecular complexity index is 684. The van der Waals surface area contributed by atoms with Crippen LogP contribution in [0.5, 0.6) is 11.5 Å². The quantitative estimate of drug-likeness (QED) is 0.679. The predicted molar refractivity (Wildman–Crippen MR) is 69.1 cm³/mol. The molecule has 7 nitrogen and oxygen atoms in total. The van der Waals surface area contributed by atoms with Crippen LogP contribution in [-0.2, 0) is 0 Å². The van der Waals surface area contributed by atoms with Gasteiger partial charge in [-0.3, -0.25) is 15.1 Å². The summed E-state index contributed by atoms with van der Waals surface area (Å²) < 4.78 is 5.38. The van der Waals surface area contributed by atoms with Crippen LogP contribution >= 0.6 is 0 Å². The number of aromatic nitrogens is 1. The van der Waals surface area contributed by atoms with Crippen LogP contribution in [0.3, 0.4) is 0 Å². The first-order chi connectivity index (χ1) is 9.49.